The van der Waals surface area contributed by atoms with Crippen LogP contribution >= 0.6 is 39.7 Å². The standard InChI is InChI=1S/C20H21BrClN3O5S/c1-12-9-14(22)4-6-16(12)30-11-18(26)24-25-20(31)23-19(27)15-10-13(21)3-5-17(15)29-8-7-28-2/h3-6,9-10H,7-8,11H2,1-2H3,(H,24,26)(H2,23,25,27,31). The number of carbonyl (C=O) groups is 2. The molecule has 0 aliphatic heterocycles. The van der Waals surface area contributed by atoms with Crippen LogP contribution in [0.5, 0.6) is 11.5 Å². The van der Waals surface area contributed by atoms with Crippen molar-refractivity contribution in [1.29, 1.82) is 0 Å². The van der Waals surface area contributed by atoms with Crippen LogP contribution in [-0.2, 0) is 9.53 Å². The summed E-state index contributed by atoms with van der Waals surface area (Å²) in [5.41, 5.74) is 5.88. The van der Waals surface area contributed by atoms with Gasteiger partial charge in [-0.25, -0.2) is 0 Å². The van der Waals surface area contributed by atoms with E-state index in [-0.39, 0.29) is 23.9 Å². The van der Waals surface area contributed by atoms with Gasteiger partial charge in [0.2, 0.25) is 0 Å². The number of benzene rings is 2. The van der Waals surface area contributed by atoms with Crippen LogP contribution in [-0.4, -0.2) is 43.9 Å². The van der Waals surface area contributed by atoms with Crippen molar-refractivity contribution in [2.24, 2.45) is 0 Å². The van der Waals surface area contributed by atoms with Crippen LogP contribution < -0.4 is 25.6 Å². The van der Waals surface area contributed by atoms with E-state index in [1.807, 2.05) is 6.92 Å². The number of amides is 2. The third kappa shape index (κ3) is 8.33. The highest BCUT2D eigenvalue weighted by atomic mass is 79.9. The van der Waals surface area contributed by atoms with E-state index in [1.165, 1.54) is 0 Å². The van der Waals surface area contributed by atoms with Gasteiger partial charge in [0.25, 0.3) is 11.8 Å². The summed E-state index contributed by atoms with van der Waals surface area (Å²) in [6.07, 6.45) is 0. The van der Waals surface area contributed by atoms with Gasteiger partial charge < -0.3 is 14.2 Å². The summed E-state index contributed by atoms with van der Waals surface area (Å²) in [7, 11) is 1.55. The molecule has 2 amide bonds. The van der Waals surface area contributed by atoms with Crippen LogP contribution in [0.3, 0.4) is 0 Å². The predicted octanol–water partition coefficient (Wildman–Crippen LogP) is 3.15. The minimum Gasteiger partial charge on any atom is -0.490 e. The van der Waals surface area contributed by atoms with Gasteiger partial charge in [-0.05, 0) is 61.1 Å². The molecule has 0 spiro atoms. The molecular weight excluding hydrogens is 510 g/mol. The number of methoxy groups -OCH3 is 1. The first-order valence-electron chi connectivity index (χ1n) is 9.00. The highest BCUT2D eigenvalue weighted by Gasteiger charge is 2.15. The van der Waals surface area contributed by atoms with Crippen LogP contribution in [0.15, 0.2) is 40.9 Å². The van der Waals surface area contributed by atoms with E-state index < -0.39 is 11.8 Å². The summed E-state index contributed by atoms with van der Waals surface area (Å²) < 4.78 is 16.6. The van der Waals surface area contributed by atoms with Crippen molar-refractivity contribution >= 4 is 56.7 Å². The Balaban J connectivity index is 1.84. The Bertz CT molecular complexity index is 960. The lowest BCUT2D eigenvalue weighted by Crippen LogP contribution is -2.49. The number of ether oxygens (including phenoxy) is 3. The van der Waals surface area contributed by atoms with Crippen molar-refractivity contribution in [3.8, 4) is 11.5 Å². The molecule has 0 bridgehead atoms. The van der Waals surface area contributed by atoms with E-state index >= 15 is 0 Å². The molecule has 0 saturated carbocycles. The number of hydrazine groups is 1. The molecule has 8 nitrogen and oxygen atoms in total. The van der Waals surface area contributed by atoms with E-state index in [4.69, 9.17) is 38.0 Å². The molecule has 0 aliphatic carbocycles. The Morgan fingerprint density at radius 2 is 1.81 bits per heavy atom. The molecule has 0 atom stereocenters. The Morgan fingerprint density at radius 3 is 2.52 bits per heavy atom. The molecule has 166 valence electrons. The molecule has 2 rings (SSSR count). The van der Waals surface area contributed by atoms with Crippen molar-refractivity contribution in [3.05, 3.63) is 57.0 Å². The lowest BCUT2D eigenvalue weighted by molar-refractivity contribution is -0.123. The number of thiocarbonyl (C=S) groups is 1. The number of hydrogen-bond donors (Lipinski definition) is 3. The van der Waals surface area contributed by atoms with E-state index in [9.17, 15) is 9.59 Å². The summed E-state index contributed by atoms with van der Waals surface area (Å²) >= 11 is 14.3. The minimum atomic E-state index is -0.506. The molecular formula is C20H21BrClN3O5S. The highest BCUT2D eigenvalue weighted by molar-refractivity contribution is 9.10. The molecule has 0 radical (unpaired) electrons. The Morgan fingerprint density at radius 1 is 1.06 bits per heavy atom. The van der Waals surface area contributed by atoms with Gasteiger partial charge >= 0.3 is 0 Å². The quantitative estimate of drug-likeness (QED) is 0.274. The summed E-state index contributed by atoms with van der Waals surface area (Å²) in [6, 6.07) is 10.1. The minimum absolute atomic E-state index is 0.0937. The number of rotatable bonds is 8. The largest absolute Gasteiger partial charge is 0.490 e. The lowest BCUT2D eigenvalue weighted by atomic mass is 10.2. The first kappa shape index (κ1) is 24.9. The molecule has 0 aromatic heterocycles. The van der Waals surface area contributed by atoms with Gasteiger partial charge in [-0.2, -0.15) is 0 Å². The molecule has 0 heterocycles. The summed E-state index contributed by atoms with van der Waals surface area (Å²) in [4.78, 5) is 24.5. The van der Waals surface area contributed by atoms with Crippen LogP contribution in [0.1, 0.15) is 15.9 Å². The van der Waals surface area contributed by atoms with Crippen LogP contribution in [0.25, 0.3) is 0 Å². The molecule has 2 aromatic rings. The number of nitrogens with one attached hydrogen (secondary N) is 3. The number of carbonyl (C=O) groups excluding carboxylic acids is 2. The molecule has 2 aromatic carbocycles. The lowest BCUT2D eigenvalue weighted by Gasteiger charge is -2.14. The first-order chi connectivity index (χ1) is 14.8. The van der Waals surface area contributed by atoms with E-state index in [1.54, 1.807) is 43.5 Å². The normalized spacial score (nSPS) is 10.2. The van der Waals surface area contributed by atoms with E-state index in [0.717, 1.165) is 5.56 Å². The second kappa shape index (κ2) is 12.5. The van der Waals surface area contributed by atoms with Crippen molar-refractivity contribution in [1.82, 2.24) is 16.2 Å². The number of hydrogen-bond acceptors (Lipinski definition) is 6. The Kier molecular flexibility index (Phi) is 9.99. The van der Waals surface area contributed by atoms with Gasteiger partial charge in [0.05, 0.1) is 12.2 Å². The zero-order valence-electron chi connectivity index (χ0n) is 16.8. The zero-order valence-corrected chi connectivity index (χ0v) is 19.9. The maximum Gasteiger partial charge on any atom is 0.276 e. The van der Waals surface area contributed by atoms with Gasteiger partial charge in [-0.1, -0.05) is 27.5 Å². The van der Waals surface area contributed by atoms with E-state index in [0.29, 0.717) is 27.6 Å². The topological polar surface area (TPSA) is 97.9 Å². The van der Waals surface area contributed by atoms with Gasteiger partial charge in [0, 0.05) is 16.6 Å². The Hall–Kier alpha value is -2.40. The fourth-order valence-corrected chi connectivity index (χ4v) is 3.05. The average Bonchev–Trinajstić information content (AvgIpc) is 2.72. The third-order valence-corrected chi connectivity index (χ3v) is 4.70. The zero-order chi connectivity index (χ0) is 22.8. The second-order valence-corrected chi connectivity index (χ2v) is 7.90. The highest BCUT2D eigenvalue weighted by Crippen LogP contribution is 2.23. The van der Waals surface area contributed by atoms with Gasteiger partial charge in [-0.15, -0.1) is 0 Å². The average molecular weight is 531 g/mol. The van der Waals surface area contributed by atoms with Crippen LogP contribution in [0.2, 0.25) is 5.02 Å². The first-order valence-corrected chi connectivity index (χ1v) is 10.6. The second-order valence-electron chi connectivity index (χ2n) is 6.14. The molecule has 31 heavy (non-hydrogen) atoms. The molecule has 3 N–H and O–H groups in total. The van der Waals surface area contributed by atoms with Crippen molar-refractivity contribution < 1.29 is 23.8 Å². The maximum atomic E-state index is 12.6. The summed E-state index contributed by atoms with van der Waals surface area (Å²) in [5, 5.41) is 2.96. The smallest absolute Gasteiger partial charge is 0.276 e. The van der Waals surface area contributed by atoms with Gasteiger partial charge in [0.15, 0.2) is 11.7 Å². The number of aryl methyl sites for hydroxylation is 1. The maximum absolute atomic E-state index is 12.6. The molecule has 11 heteroatoms. The molecule has 0 fully saturated rings. The van der Waals surface area contributed by atoms with Crippen molar-refractivity contribution in [3.63, 3.8) is 0 Å². The Labute approximate surface area is 198 Å². The third-order valence-electron chi connectivity index (χ3n) is 3.77. The molecule has 0 unspecified atom stereocenters. The fourth-order valence-electron chi connectivity index (χ4n) is 2.32. The summed E-state index contributed by atoms with van der Waals surface area (Å²) in [6.45, 7) is 2.22. The number of halogens is 2. The molecule has 0 aliphatic rings. The van der Waals surface area contributed by atoms with Crippen LogP contribution in [0, 0.1) is 6.92 Å². The predicted molar refractivity (Wildman–Crippen MR) is 125 cm³/mol. The van der Waals surface area contributed by atoms with Crippen LogP contribution in [0.4, 0.5) is 0 Å². The fraction of sp³-hybridized carbons (Fsp3) is 0.250. The van der Waals surface area contributed by atoms with Crippen molar-refractivity contribution in [2.75, 3.05) is 26.9 Å². The van der Waals surface area contributed by atoms with Gasteiger partial charge in [0.1, 0.15) is 18.1 Å². The summed E-state index contributed by atoms with van der Waals surface area (Å²) in [5.74, 6) is -0.0899. The van der Waals surface area contributed by atoms with Crippen molar-refractivity contribution in [2.45, 2.75) is 6.92 Å². The molecule has 0 saturated heterocycles. The SMILES string of the molecule is COCCOc1ccc(Br)cc1C(=O)NC(=S)NNC(=O)COc1ccc(Cl)cc1C. The van der Waals surface area contributed by atoms with E-state index in [2.05, 4.69) is 32.1 Å². The van der Waals surface area contributed by atoms with Gasteiger partial charge in [-0.3, -0.25) is 25.8 Å². The monoisotopic (exact) mass is 529 g/mol.